The number of fused-ring (bicyclic) bond motifs is 3. The van der Waals surface area contributed by atoms with Gasteiger partial charge in [-0.3, -0.25) is 4.79 Å². The van der Waals surface area contributed by atoms with Gasteiger partial charge in [0.25, 0.3) is 0 Å². The van der Waals surface area contributed by atoms with Crippen LogP contribution < -0.4 is 10.6 Å². The van der Waals surface area contributed by atoms with Crippen LogP contribution in [0.1, 0.15) is 24.8 Å². The summed E-state index contributed by atoms with van der Waals surface area (Å²) in [5, 5.41) is 10.2. The van der Waals surface area contributed by atoms with E-state index in [1.54, 1.807) is 6.07 Å². The van der Waals surface area contributed by atoms with Crippen molar-refractivity contribution >= 4 is 28.4 Å². The van der Waals surface area contributed by atoms with E-state index in [-0.39, 0.29) is 34.2 Å². The highest BCUT2D eigenvalue weighted by molar-refractivity contribution is 5.95. The maximum atomic E-state index is 13.8. The van der Waals surface area contributed by atoms with E-state index < -0.39 is 23.6 Å². The molecule has 2 aromatic carbocycles. The standard InChI is InChI=1S/C22H18F4N6O/c23-13-6-3-5-12(11-13)18-30-19-14-7-4-8-15(22(24,25)26)17(14)29-21(32(19)31-18)28-16-9-1-2-10-27-20(16)33/h3-8,11,16H,1-2,9-10H2,(H,27,33)(H,28,29)/t16-/m1/s1. The Balaban J connectivity index is 1.74. The normalized spacial score (nSPS) is 17.2. The number of benzene rings is 2. The predicted octanol–water partition coefficient (Wildman–Crippen LogP) is 4.18. The molecule has 1 atom stereocenters. The van der Waals surface area contributed by atoms with Gasteiger partial charge < -0.3 is 10.6 Å². The van der Waals surface area contributed by atoms with E-state index in [2.05, 4.69) is 25.7 Å². The highest BCUT2D eigenvalue weighted by Gasteiger charge is 2.34. The first-order valence-corrected chi connectivity index (χ1v) is 10.4. The maximum Gasteiger partial charge on any atom is 0.418 e. The SMILES string of the molecule is O=C1NCCCC[C@H]1Nc1nc2c(C(F)(F)F)cccc2c2nc(-c3cccc(F)c3)nn12. The number of hydrogen-bond donors (Lipinski definition) is 2. The van der Waals surface area contributed by atoms with Gasteiger partial charge in [0.1, 0.15) is 11.9 Å². The molecule has 0 aliphatic carbocycles. The van der Waals surface area contributed by atoms with E-state index in [0.717, 1.165) is 18.9 Å². The number of anilines is 1. The Hall–Kier alpha value is -3.76. The molecule has 33 heavy (non-hydrogen) atoms. The van der Waals surface area contributed by atoms with E-state index in [1.165, 1.54) is 34.8 Å². The monoisotopic (exact) mass is 458 g/mol. The summed E-state index contributed by atoms with van der Waals surface area (Å²) in [5.74, 6) is -0.694. The minimum Gasteiger partial charge on any atom is -0.354 e. The van der Waals surface area contributed by atoms with Crippen molar-refractivity contribution in [2.75, 3.05) is 11.9 Å². The number of amides is 1. The first-order chi connectivity index (χ1) is 15.8. The van der Waals surface area contributed by atoms with Crippen molar-refractivity contribution in [3.05, 3.63) is 53.8 Å². The van der Waals surface area contributed by atoms with E-state index in [9.17, 15) is 22.4 Å². The highest BCUT2D eigenvalue weighted by Crippen LogP contribution is 2.36. The molecule has 0 spiro atoms. The number of aromatic nitrogens is 4. The third-order valence-corrected chi connectivity index (χ3v) is 5.53. The van der Waals surface area contributed by atoms with Crippen LogP contribution in [0.5, 0.6) is 0 Å². The second kappa shape index (κ2) is 7.98. The Morgan fingerprint density at radius 1 is 1.09 bits per heavy atom. The van der Waals surface area contributed by atoms with Crippen LogP contribution in [0.4, 0.5) is 23.5 Å². The summed E-state index contributed by atoms with van der Waals surface area (Å²) in [4.78, 5) is 21.1. The lowest BCUT2D eigenvalue weighted by Crippen LogP contribution is -2.38. The second-order valence-corrected chi connectivity index (χ2v) is 7.80. The lowest BCUT2D eigenvalue weighted by atomic mass is 10.1. The zero-order valence-corrected chi connectivity index (χ0v) is 17.2. The first kappa shape index (κ1) is 21.1. The van der Waals surface area contributed by atoms with Gasteiger partial charge in [-0.1, -0.05) is 18.2 Å². The van der Waals surface area contributed by atoms with Crippen LogP contribution in [0.15, 0.2) is 42.5 Å². The Bertz CT molecular complexity index is 1370. The minimum atomic E-state index is -4.65. The Labute approximate surface area is 184 Å². The second-order valence-electron chi connectivity index (χ2n) is 7.80. The summed E-state index contributed by atoms with van der Waals surface area (Å²) in [7, 11) is 0. The number of carbonyl (C=O) groups is 1. The van der Waals surface area contributed by atoms with Crippen molar-refractivity contribution in [3.8, 4) is 11.4 Å². The number of halogens is 4. The molecule has 11 heteroatoms. The summed E-state index contributed by atoms with van der Waals surface area (Å²) in [6.07, 6.45) is -2.60. The Kier molecular flexibility index (Phi) is 5.10. The van der Waals surface area contributed by atoms with Crippen LogP contribution >= 0.6 is 0 Å². The number of para-hydroxylation sites is 1. The first-order valence-electron chi connectivity index (χ1n) is 10.4. The average molecular weight is 458 g/mol. The summed E-state index contributed by atoms with van der Waals surface area (Å²) in [6.45, 7) is 0.531. The van der Waals surface area contributed by atoms with Gasteiger partial charge >= 0.3 is 6.18 Å². The fraction of sp³-hybridized carbons (Fsp3) is 0.273. The molecule has 1 aliphatic heterocycles. The van der Waals surface area contributed by atoms with Crippen LogP contribution in [0.25, 0.3) is 27.9 Å². The maximum absolute atomic E-state index is 13.8. The van der Waals surface area contributed by atoms with Gasteiger partial charge in [0.15, 0.2) is 11.5 Å². The van der Waals surface area contributed by atoms with Crippen LogP contribution in [0.3, 0.4) is 0 Å². The predicted molar refractivity (Wildman–Crippen MR) is 113 cm³/mol. The van der Waals surface area contributed by atoms with Gasteiger partial charge in [0.05, 0.1) is 11.1 Å². The molecule has 5 rings (SSSR count). The summed E-state index contributed by atoms with van der Waals surface area (Å²) in [6, 6.07) is 8.58. The van der Waals surface area contributed by atoms with E-state index in [0.29, 0.717) is 18.5 Å². The van der Waals surface area contributed by atoms with Gasteiger partial charge in [-0.25, -0.2) is 14.4 Å². The fourth-order valence-corrected chi connectivity index (χ4v) is 3.94. The molecule has 1 fully saturated rings. The van der Waals surface area contributed by atoms with Crippen molar-refractivity contribution in [1.29, 1.82) is 0 Å². The van der Waals surface area contributed by atoms with Crippen LogP contribution in [0.2, 0.25) is 0 Å². The van der Waals surface area contributed by atoms with E-state index in [4.69, 9.17) is 0 Å². The number of nitrogens with zero attached hydrogens (tertiary/aromatic N) is 4. The summed E-state index contributed by atoms with van der Waals surface area (Å²) >= 11 is 0. The number of hydrogen-bond acceptors (Lipinski definition) is 5. The topological polar surface area (TPSA) is 84.2 Å². The van der Waals surface area contributed by atoms with Crippen LogP contribution in [-0.2, 0) is 11.0 Å². The van der Waals surface area contributed by atoms with Crippen molar-refractivity contribution in [2.24, 2.45) is 0 Å². The van der Waals surface area contributed by atoms with Crippen molar-refractivity contribution < 1.29 is 22.4 Å². The molecular weight excluding hydrogens is 440 g/mol. The minimum absolute atomic E-state index is 0.0496. The fourth-order valence-electron chi connectivity index (χ4n) is 3.94. The number of carbonyl (C=O) groups excluding carboxylic acids is 1. The van der Waals surface area contributed by atoms with Crippen LogP contribution in [0, 0.1) is 5.82 Å². The Morgan fingerprint density at radius 2 is 1.91 bits per heavy atom. The van der Waals surface area contributed by atoms with Gasteiger partial charge in [0.2, 0.25) is 11.9 Å². The van der Waals surface area contributed by atoms with Gasteiger partial charge in [0, 0.05) is 17.5 Å². The zero-order valence-electron chi connectivity index (χ0n) is 17.2. The Morgan fingerprint density at radius 3 is 2.70 bits per heavy atom. The van der Waals surface area contributed by atoms with Crippen molar-refractivity contribution in [2.45, 2.75) is 31.5 Å². The van der Waals surface area contributed by atoms with E-state index in [1.807, 2.05) is 0 Å². The lowest BCUT2D eigenvalue weighted by molar-refractivity contribution is -0.136. The molecule has 0 bridgehead atoms. The number of rotatable bonds is 3. The molecule has 0 radical (unpaired) electrons. The third-order valence-electron chi connectivity index (χ3n) is 5.53. The van der Waals surface area contributed by atoms with Crippen molar-refractivity contribution in [3.63, 3.8) is 0 Å². The molecule has 170 valence electrons. The van der Waals surface area contributed by atoms with Gasteiger partial charge in [-0.05, 0) is 43.5 Å². The molecule has 0 unspecified atom stereocenters. The average Bonchev–Trinajstić information content (AvgIpc) is 3.13. The molecule has 2 N–H and O–H groups in total. The molecular formula is C22H18F4N6O. The molecule has 3 heterocycles. The molecule has 1 aliphatic rings. The molecule has 7 nitrogen and oxygen atoms in total. The largest absolute Gasteiger partial charge is 0.418 e. The molecule has 0 saturated carbocycles. The lowest BCUT2D eigenvalue weighted by Gasteiger charge is -2.17. The summed E-state index contributed by atoms with van der Waals surface area (Å²) in [5.41, 5.74) is -0.766. The zero-order chi connectivity index (χ0) is 23.2. The quantitative estimate of drug-likeness (QED) is 0.450. The highest BCUT2D eigenvalue weighted by atomic mass is 19.4. The summed E-state index contributed by atoms with van der Waals surface area (Å²) < 4.78 is 56.2. The molecule has 1 amide bonds. The van der Waals surface area contributed by atoms with Gasteiger partial charge in [-0.2, -0.15) is 17.7 Å². The molecule has 2 aromatic heterocycles. The van der Waals surface area contributed by atoms with Gasteiger partial charge in [-0.15, -0.1) is 5.10 Å². The van der Waals surface area contributed by atoms with E-state index >= 15 is 0 Å². The smallest absolute Gasteiger partial charge is 0.354 e. The number of alkyl halides is 3. The van der Waals surface area contributed by atoms with Crippen LogP contribution in [-0.4, -0.2) is 38.1 Å². The third kappa shape index (κ3) is 3.94. The number of nitrogens with one attached hydrogen (secondary N) is 2. The molecule has 1 saturated heterocycles. The molecule has 4 aromatic rings. The van der Waals surface area contributed by atoms with Crippen molar-refractivity contribution in [1.82, 2.24) is 24.9 Å².